The fraction of sp³-hybridized carbons (Fsp3) is 1.00. The number of ether oxygens (including phenoxy) is 1. The van der Waals surface area contributed by atoms with Crippen LogP contribution < -0.4 is 10.6 Å². The highest BCUT2D eigenvalue weighted by atomic mass is 16.5. The van der Waals surface area contributed by atoms with E-state index >= 15 is 0 Å². The highest BCUT2D eigenvalue weighted by Gasteiger charge is 2.47. The third kappa shape index (κ3) is 3.19. The van der Waals surface area contributed by atoms with E-state index in [2.05, 4.69) is 38.3 Å². The van der Waals surface area contributed by atoms with E-state index < -0.39 is 0 Å². The summed E-state index contributed by atoms with van der Waals surface area (Å²) in [5.74, 6) is 0. The molecule has 0 radical (unpaired) electrons. The zero-order valence-corrected chi connectivity index (χ0v) is 11.5. The molecule has 1 saturated carbocycles. The fourth-order valence-corrected chi connectivity index (χ4v) is 2.34. The molecule has 2 N–H and O–H groups in total. The van der Waals surface area contributed by atoms with Crippen LogP contribution in [0, 0.1) is 5.41 Å². The normalized spacial score (nSPS) is 29.8. The SMILES string of the molecule is CCC(C)NCCNC1CC(OC)C1(C)C. The van der Waals surface area contributed by atoms with Crippen molar-refractivity contribution in [3.05, 3.63) is 0 Å². The molecule has 0 aromatic rings. The van der Waals surface area contributed by atoms with Crippen molar-refractivity contribution in [3.8, 4) is 0 Å². The Morgan fingerprint density at radius 2 is 2.06 bits per heavy atom. The van der Waals surface area contributed by atoms with Gasteiger partial charge in [-0.25, -0.2) is 0 Å². The van der Waals surface area contributed by atoms with E-state index in [1.807, 2.05) is 7.11 Å². The summed E-state index contributed by atoms with van der Waals surface area (Å²) in [6.45, 7) is 11.1. The number of methoxy groups -OCH3 is 1. The molecule has 0 amide bonds. The van der Waals surface area contributed by atoms with Gasteiger partial charge in [-0.1, -0.05) is 20.8 Å². The van der Waals surface area contributed by atoms with E-state index in [9.17, 15) is 0 Å². The van der Waals surface area contributed by atoms with Gasteiger partial charge in [-0.3, -0.25) is 0 Å². The van der Waals surface area contributed by atoms with Crippen LogP contribution in [0.4, 0.5) is 0 Å². The molecule has 1 aliphatic carbocycles. The Hall–Kier alpha value is -0.120. The first kappa shape index (κ1) is 13.9. The van der Waals surface area contributed by atoms with Gasteiger partial charge in [0.1, 0.15) is 0 Å². The Morgan fingerprint density at radius 3 is 2.56 bits per heavy atom. The Labute approximate surface area is 100 Å². The van der Waals surface area contributed by atoms with Gasteiger partial charge < -0.3 is 15.4 Å². The summed E-state index contributed by atoms with van der Waals surface area (Å²) in [4.78, 5) is 0. The van der Waals surface area contributed by atoms with E-state index in [-0.39, 0.29) is 5.41 Å². The lowest BCUT2D eigenvalue weighted by molar-refractivity contribution is -0.0971. The average molecular weight is 228 g/mol. The molecule has 1 rings (SSSR count). The third-order valence-electron chi connectivity index (χ3n) is 4.08. The van der Waals surface area contributed by atoms with Crippen LogP contribution in [0.3, 0.4) is 0 Å². The van der Waals surface area contributed by atoms with Crippen LogP contribution in [0.15, 0.2) is 0 Å². The number of nitrogens with one attached hydrogen (secondary N) is 2. The van der Waals surface area contributed by atoms with E-state index in [4.69, 9.17) is 4.74 Å². The largest absolute Gasteiger partial charge is 0.381 e. The minimum atomic E-state index is 0.283. The van der Waals surface area contributed by atoms with Crippen LogP contribution in [0.25, 0.3) is 0 Å². The van der Waals surface area contributed by atoms with Crippen LogP contribution in [0.1, 0.15) is 40.5 Å². The smallest absolute Gasteiger partial charge is 0.0652 e. The standard InChI is InChI=1S/C13H28N2O/c1-6-10(2)14-7-8-15-11-9-12(16-5)13(11,3)4/h10-12,14-15H,6-9H2,1-5H3. The van der Waals surface area contributed by atoms with Crippen LogP contribution in [-0.4, -0.2) is 38.4 Å². The van der Waals surface area contributed by atoms with Gasteiger partial charge in [0.15, 0.2) is 0 Å². The van der Waals surface area contributed by atoms with Crippen molar-refractivity contribution in [1.82, 2.24) is 10.6 Å². The predicted molar refractivity (Wildman–Crippen MR) is 68.7 cm³/mol. The molecule has 0 saturated heterocycles. The average Bonchev–Trinajstić information content (AvgIpc) is 2.26. The quantitative estimate of drug-likeness (QED) is 0.652. The summed E-state index contributed by atoms with van der Waals surface area (Å²) in [6, 6.07) is 1.24. The van der Waals surface area contributed by atoms with Gasteiger partial charge in [-0.05, 0) is 19.8 Å². The van der Waals surface area contributed by atoms with Crippen molar-refractivity contribution in [3.63, 3.8) is 0 Å². The molecule has 3 nitrogen and oxygen atoms in total. The first-order chi connectivity index (χ1) is 7.52. The lowest BCUT2D eigenvalue weighted by Crippen LogP contribution is -2.61. The Bertz CT molecular complexity index is 206. The minimum Gasteiger partial charge on any atom is -0.381 e. The van der Waals surface area contributed by atoms with Crippen molar-refractivity contribution in [1.29, 1.82) is 0 Å². The summed E-state index contributed by atoms with van der Waals surface area (Å²) in [6.07, 6.45) is 2.76. The van der Waals surface area contributed by atoms with Crippen molar-refractivity contribution in [2.75, 3.05) is 20.2 Å². The molecule has 3 unspecified atom stereocenters. The van der Waals surface area contributed by atoms with Crippen molar-refractivity contribution < 1.29 is 4.74 Å². The molecule has 16 heavy (non-hydrogen) atoms. The van der Waals surface area contributed by atoms with Crippen molar-refractivity contribution in [2.24, 2.45) is 5.41 Å². The maximum atomic E-state index is 5.44. The Morgan fingerprint density at radius 1 is 1.38 bits per heavy atom. The molecule has 0 heterocycles. The molecule has 0 aromatic heterocycles. The molecular weight excluding hydrogens is 200 g/mol. The first-order valence-electron chi connectivity index (χ1n) is 6.51. The molecule has 0 spiro atoms. The lowest BCUT2D eigenvalue weighted by Gasteiger charge is -2.51. The third-order valence-corrected chi connectivity index (χ3v) is 4.08. The van der Waals surface area contributed by atoms with Crippen LogP contribution >= 0.6 is 0 Å². The second kappa shape index (κ2) is 5.99. The molecule has 1 aliphatic rings. The second-order valence-electron chi connectivity index (χ2n) is 5.55. The molecule has 0 aliphatic heterocycles. The van der Waals surface area contributed by atoms with E-state index in [1.165, 1.54) is 6.42 Å². The van der Waals surface area contributed by atoms with E-state index in [0.29, 0.717) is 18.2 Å². The molecule has 0 aromatic carbocycles. The van der Waals surface area contributed by atoms with Gasteiger partial charge in [0.25, 0.3) is 0 Å². The second-order valence-corrected chi connectivity index (χ2v) is 5.55. The van der Waals surface area contributed by atoms with Gasteiger partial charge in [0.05, 0.1) is 6.10 Å². The first-order valence-corrected chi connectivity index (χ1v) is 6.51. The topological polar surface area (TPSA) is 33.3 Å². The number of hydrogen-bond donors (Lipinski definition) is 2. The monoisotopic (exact) mass is 228 g/mol. The van der Waals surface area contributed by atoms with Gasteiger partial charge in [-0.2, -0.15) is 0 Å². The van der Waals surface area contributed by atoms with Crippen molar-refractivity contribution in [2.45, 2.75) is 58.7 Å². The van der Waals surface area contributed by atoms with Gasteiger partial charge in [0, 0.05) is 37.7 Å². The lowest BCUT2D eigenvalue weighted by atomic mass is 9.64. The highest BCUT2D eigenvalue weighted by Crippen LogP contribution is 2.42. The molecule has 96 valence electrons. The number of hydrogen-bond acceptors (Lipinski definition) is 3. The highest BCUT2D eigenvalue weighted by molar-refractivity contribution is 5.02. The minimum absolute atomic E-state index is 0.283. The number of rotatable bonds is 7. The van der Waals surface area contributed by atoms with Gasteiger partial charge >= 0.3 is 0 Å². The zero-order chi connectivity index (χ0) is 12.2. The van der Waals surface area contributed by atoms with Crippen molar-refractivity contribution >= 4 is 0 Å². The van der Waals surface area contributed by atoms with Crippen LogP contribution in [0.5, 0.6) is 0 Å². The summed E-state index contributed by atoms with van der Waals surface area (Å²) in [5, 5.41) is 7.11. The van der Waals surface area contributed by atoms with Gasteiger partial charge in [0.2, 0.25) is 0 Å². The maximum Gasteiger partial charge on any atom is 0.0652 e. The molecule has 0 bridgehead atoms. The molecule has 3 heteroatoms. The summed E-state index contributed by atoms with van der Waals surface area (Å²) in [7, 11) is 1.81. The Balaban J connectivity index is 2.11. The summed E-state index contributed by atoms with van der Waals surface area (Å²) < 4.78 is 5.44. The summed E-state index contributed by atoms with van der Waals surface area (Å²) in [5.41, 5.74) is 0.283. The molecular formula is C13H28N2O. The Kier molecular flexibility index (Phi) is 5.22. The van der Waals surface area contributed by atoms with Crippen LogP contribution in [-0.2, 0) is 4.74 Å². The van der Waals surface area contributed by atoms with Crippen LogP contribution in [0.2, 0.25) is 0 Å². The fourth-order valence-electron chi connectivity index (χ4n) is 2.34. The zero-order valence-electron chi connectivity index (χ0n) is 11.5. The van der Waals surface area contributed by atoms with Gasteiger partial charge in [-0.15, -0.1) is 0 Å². The maximum absolute atomic E-state index is 5.44. The molecule has 3 atom stereocenters. The molecule has 1 fully saturated rings. The predicted octanol–water partition coefficient (Wildman–Crippen LogP) is 1.78. The van der Waals surface area contributed by atoms with E-state index in [0.717, 1.165) is 19.5 Å². The van der Waals surface area contributed by atoms with E-state index in [1.54, 1.807) is 0 Å². The summed E-state index contributed by atoms with van der Waals surface area (Å²) >= 11 is 0.